The van der Waals surface area contributed by atoms with Crippen molar-refractivity contribution in [2.45, 2.75) is 19.6 Å². The quantitative estimate of drug-likeness (QED) is 0.881. The third-order valence-electron chi connectivity index (χ3n) is 2.85. The van der Waals surface area contributed by atoms with Gasteiger partial charge >= 0.3 is 0 Å². The van der Waals surface area contributed by atoms with Gasteiger partial charge in [-0.05, 0) is 30.7 Å². The maximum atomic E-state index is 13.3. The van der Waals surface area contributed by atoms with Gasteiger partial charge < -0.3 is 9.84 Å². The minimum atomic E-state index is -0.598. The second kappa shape index (κ2) is 6.44. The molecule has 0 fully saturated rings. The van der Waals surface area contributed by atoms with Crippen molar-refractivity contribution in [3.8, 4) is 5.75 Å². The molecule has 20 heavy (non-hydrogen) atoms. The molecule has 0 saturated carbocycles. The molecule has 0 aliphatic heterocycles. The van der Waals surface area contributed by atoms with Gasteiger partial charge in [-0.25, -0.2) is 4.39 Å². The number of hydrogen-bond donors (Lipinski definition) is 1. The van der Waals surface area contributed by atoms with E-state index in [9.17, 15) is 9.50 Å². The topological polar surface area (TPSA) is 29.5 Å². The number of aliphatic hydroxyl groups excluding tert-OH is 1. The fourth-order valence-corrected chi connectivity index (χ4v) is 2.13. The van der Waals surface area contributed by atoms with Crippen LogP contribution >= 0.6 is 23.2 Å². The Hall–Kier alpha value is -1.29. The number of halogens is 3. The van der Waals surface area contributed by atoms with Crippen LogP contribution < -0.4 is 4.74 Å². The highest BCUT2D eigenvalue weighted by molar-refractivity contribution is 6.32. The lowest BCUT2D eigenvalue weighted by Gasteiger charge is -2.11. The van der Waals surface area contributed by atoms with Crippen LogP contribution in [0.1, 0.15) is 24.2 Å². The summed E-state index contributed by atoms with van der Waals surface area (Å²) in [6, 6.07) is 9.56. The molecule has 2 aromatic rings. The predicted molar refractivity (Wildman–Crippen MR) is 77.8 cm³/mol. The molecule has 0 saturated heterocycles. The number of ether oxygens (including phenoxy) is 1. The second-order valence-electron chi connectivity index (χ2n) is 4.37. The fourth-order valence-electron chi connectivity index (χ4n) is 1.71. The molecule has 5 heteroatoms. The lowest BCUT2D eigenvalue weighted by atomic mass is 10.1. The second-order valence-corrected chi connectivity index (χ2v) is 5.15. The molecule has 0 heterocycles. The van der Waals surface area contributed by atoms with E-state index in [1.54, 1.807) is 37.3 Å². The Morgan fingerprint density at radius 1 is 1.25 bits per heavy atom. The lowest BCUT2D eigenvalue weighted by Crippen LogP contribution is -1.99. The summed E-state index contributed by atoms with van der Waals surface area (Å²) >= 11 is 11.9. The van der Waals surface area contributed by atoms with Gasteiger partial charge in [0.1, 0.15) is 18.2 Å². The first-order valence-corrected chi connectivity index (χ1v) is 6.78. The van der Waals surface area contributed by atoms with Crippen molar-refractivity contribution < 1.29 is 14.2 Å². The monoisotopic (exact) mass is 314 g/mol. The summed E-state index contributed by atoms with van der Waals surface area (Å²) in [5.74, 6) is -0.0280. The minimum absolute atomic E-state index is 0.0456. The average Bonchev–Trinajstić information content (AvgIpc) is 2.41. The van der Waals surface area contributed by atoms with E-state index in [0.717, 1.165) is 0 Å². The molecule has 1 atom stereocenters. The van der Waals surface area contributed by atoms with E-state index >= 15 is 0 Å². The Morgan fingerprint density at radius 2 is 2.00 bits per heavy atom. The number of rotatable bonds is 4. The molecule has 0 radical (unpaired) electrons. The summed E-state index contributed by atoms with van der Waals surface area (Å²) in [6.07, 6.45) is -0.598. The molecule has 0 bridgehead atoms. The van der Waals surface area contributed by atoms with E-state index in [2.05, 4.69) is 0 Å². The van der Waals surface area contributed by atoms with Gasteiger partial charge in [0, 0.05) is 5.56 Å². The van der Waals surface area contributed by atoms with Crippen LogP contribution in [-0.4, -0.2) is 5.11 Å². The van der Waals surface area contributed by atoms with Gasteiger partial charge in [0.05, 0.1) is 16.1 Å². The van der Waals surface area contributed by atoms with Crippen LogP contribution in [0.2, 0.25) is 10.0 Å². The van der Waals surface area contributed by atoms with Crippen LogP contribution in [0.4, 0.5) is 4.39 Å². The Balaban J connectivity index is 2.13. The van der Waals surface area contributed by atoms with Gasteiger partial charge in [0.15, 0.2) is 0 Å². The number of benzene rings is 2. The van der Waals surface area contributed by atoms with Gasteiger partial charge in [0.2, 0.25) is 0 Å². The number of hydrogen-bond acceptors (Lipinski definition) is 2. The Labute approximate surface area is 126 Å². The first-order valence-electron chi connectivity index (χ1n) is 6.02. The van der Waals surface area contributed by atoms with Gasteiger partial charge in [-0.1, -0.05) is 41.4 Å². The molecule has 1 unspecified atom stereocenters. The molecule has 106 valence electrons. The molecule has 0 amide bonds. The van der Waals surface area contributed by atoms with Crippen molar-refractivity contribution in [1.82, 2.24) is 0 Å². The molecule has 0 aliphatic carbocycles. The predicted octanol–water partition coefficient (Wildman–Crippen LogP) is 4.76. The van der Waals surface area contributed by atoms with Crippen LogP contribution in [0.15, 0.2) is 36.4 Å². The minimum Gasteiger partial charge on any atom is -0.487 e. The van der Waals surface area contributed by atoms with Crippen molar-refractivity contribution in [2.75, 3.05) is 0 Å². The standard InChI is InChI=1S/C15H13Cl2FO2/c1-9(19)10-5-6-14(12(16)7-10)20-8-11-3-2-4-13(18)15(11)17/h2-7,9,19H,8H2,1H3. The molecule has 1 N–H and O–H groups in total. The van der Waals surface area contributed by atoms with Crippen molar-refractivity contribution in [1.29, 1.82) is 0 Å². The van der Waals surface area contributed by atoms with Crippen molar-refractivity contribution in [3.05, 3.63) is 63.4 Å². The van der Waals surface area contributed by atoms with Gasteiger partial charge in [-0.15, -0.1) is 0 Å². The lowest BCUT2D eigenvalue weighted by molar-refractivity contribution is 0.199. The molecule has 0 aromatic heterocycles. The van der Waals surface area contributed by atoms with Gasteiger partial charge in [0.25, 0.3) is 0 Å². The van der Waals surface area contributed by atoms with E-state index in [1.165, 1.54) is 6.07 Å². The number of aliphatic hydroxyl groups is 1. The van der Waals surface area contributed by atoms with E-state index in [-0.39, 0.29) is 11.6 Å². The van der Waals surface area contributed by atoms with Crippen molar-refractivity contribution >= 4 is 23.2 Å². The molecule has 0 aliphatic rings. The van der Waals surface area contributed by atoms with Gasteiger partial charge in [-0.2, -0.15) is 0 Å². The summed E-state index contributed by atoms with van der Waals surface area (Å²) in [6.45, 7) is 1.77. The highest BCUT2D eigenvalue weighted by Crippen LogP contribution is 2.29. The largest absolute Gasteiger partial charge is 0.487 e. The van der Waals surface area contributed by atoms with E-state index in [0.29, 0.717) is 21.9 Å². The molecule has 2 rings (SSSR count). The fraction of sp³-hybridized carbons (Fsp3) is 0.200. The van der Waals surface area contributed by atoms with E-state index in [1.807, 2.05) is 0 Å². The zero-order valence-electron chi connectivity index (χ0n) is 10.7. The molecular weight excluding hydrogens is 302 g/mol. The highest BCUT2D eigenvalue weighted by Gasteiger charge is 2.09. The zero-order valence-corrected chi connectivity index (χ0v) is 12.2. The summed E-state index contributed by atoms with van der Waals surface area (Å²) in [5.41, 5.74) is 1.24. The van der Waals surface area contributed by atoms with Crippen LogP contribution in [0.5, 0.6) is 5.75 Å². The Kier molecular flexibility index (Phi) is 4.86. The maximum absolute atomic E-state index is 13.3. The highest BCUT2D eigenvalue weighted by atomic mass is 35.5. The maximum Gasteiger partial charge on any atom is 0.142 e. The summed E-state index contributed by atoms with van der Waals surface area (Å²) < 4.78 is 18.8. The summed E-state index contributed by atoms with van der Waals surface area (Å²) in [4.78, 5) is 0. The third kappa shape index (κ3) is 3.42. The molecule has 2 aromatic carbocycles. The van der Waals surface area contributed by atoms with Crippen LogP contribution in [-0.2, 0) is 6.61 Å². The van der Waals surface area contributed by atoms with Crippen LogP contribution in [0.25, 0.3) is 0 Å². The molecule has 2 nitrogen and oxygen atoms in total. The summed E-state index contributed by atoms with van der Waals surface area (Å²) in [5, 5.41) is 9.89. The Bertz CT molecular complexity index is 615. The van der Waals surface area contributed by atoms with Crippen LogP contribution in [0.3, 0.4) is 0 Å². The van der Waals surface area contributed by atoms with E-state index in [4.69, 9.17) is 27.9 Å². The smallest absolute Gasteiger partial charge is 0.142 e. The normalized spacial score (nSPS) is 12.2. The molecular formula is C15H13Cl2FO2. The van der Waals surface area contributed by atoms with Crippen LogP contribution in [0, 0.1) is 5.82 Å². The average molecular weight is 315 g/mol. The van der Waals surface area contributed by atoms with E-state index < -0.39 is 11.9 Å². The first kappa shape index (κ1) is 15.1. The summed E-state index contributed by atoms with van der Waals surface area (Å²) in [7, 11) is 0. The van der Waals surface area contributed by atoms with Crippen molar-refractivity contribution in [2.24, 2.45) is 0 Å². The molecule has 0 spiro atoms. The third-order valence-corrected chi connectivity index (χ3v) is 3.57. The zero-order chi connectivity index (χ0) is 14.7. The first-order chi connectivity index (χ1) is 9.49. The van der Waals surface area contributed by atoms with Gasteiger partial charge in [-0.3, -0.25) is 0 Å². The SMILES string of the molecule is CC(O)c1ccc(OCc2cccc(F)c2Cl)c(Cl)c1. The van der Waals surface area contributed by atoms with Crippen molar-refractivity contribution in [3.63, 3.8) is 0 Å². The Morgan fingerprint density at radius 3 is 2.65 bits per heavy atom.